The highest BCUT2D eigenvalue weighted by Gasteiger charge is 2.21. The average Bonchev–Trinajstić information content (AvgIpc) is 2.45. The third-order valence-corrected chi connectivity index (χ3v) is 3.92. The highest BCUT2D eigenvalue weighted by atomic mass is 16.4. The largest absolute Gasteiger partial charge is 0.480 e. The van der Waals surface area contributed by atoms with E-state index in [0.29, 0.717) is 11.7 Å². The van der Waals surface area contributed by atoms with E-state index in [4.69, 9.17) is 5.11 Å². The summed E-state index contributed by atoms with van der Waals surface area (Å²) < 4.78 is 0. The van der Waals surface area contributed by atoms with E-state index < -0.39 is 12.0 Å². The SMILES string of the molecule is CC1CCCN(c2cc(N(C)C(C)C(=O)O)ncn2)C1. The highest BCUT2D eigenvalue weighted by molar-refractivity contribution is 5.77. The van der Waals surface area contributed by atoms with Crippen molar-refractivity contribution in [1.29, 1.82) is 0 Å². The summed E-state index contributed by atoms with van der Waals surface area (Å²) in [4.78, 5) is 23.5. The molecule has 20 heavy (non-hydrogen) atoms. The van der Waals surface area contributed by atoms with Crippen LogP contribution in [0.5, 0.6) is 0 Å². The zero-order chi connectivity index (χ0) is 14.7. The van der Waals surface area contributed by atoms with Gasteiger partial charge in [0.25, 0.3) is 0 Å². The van der Waals surface area contributed by atoms with Crippen molar-refractivity contribution >= 4 is 17.6 Å². The number of carboxylic acid groups (broad SMARTS) is 1. The van der Waals surface area contributed by atoms with Crippen molar-refractivity contribution < 1.29 is 9.90 Å². The van der Waals surface area contributed by atoms with E-state index >= 15 is 0 Å². The molecule has 1 aromatic rings. The molecule has 0 radical (unpaired) electrons. The second-order valence-corrected chi connectivity index (χ2v) is 5.55. The molecule has 0 amide bonds. The van der Waals surface area contributed by atoms with Gasteiger partial charge in [0, 0.05) is 26.2 Å². The molecule has 2 rings (SSSR count). The summed E-state index contributed by atoms with van der Waals surface area (Å²) in [6.45, 7) is 5.88. The average molecular weight is 278 g/mol. The fourth-order valence-corrected chi connectivity index (χ4v) is 2.46. The zero-order valence-corrected chi connectivity index (χ0v) is 12.3. The molecular formula is C14H22N4O2. The van der Waals surface area contributed by atoms with Gasteiger partial charge < -0.3 is 14.9 Å². The number of aromatic nitrogens is 2. The van der Waals surface area contributed by atoms with Gasteiger partial charge in [0.1, 0.15) is 24.0 Å². The van der Waals surface area contributed by atoms with Gasteiger partial charge in [-0.25, -0.2) is 14.8 Å². The normalized spacial score (nSPS) is 20.6. The Morgan fingerprint density at radius 3 is 2.95 bits per heavy atom. The Hall–Kier alpha value is -1.85. The molecule has 1 aliphatic rings. The van der Waals surface area contributed by atoms with Gasteiger partial charge in [-0.15, -0.1) is 0 Å². The number of hydrogen-bond acceptors (Lipinski definition) is 5. The number of rotatable bonds is 4. The Balaban J connectivity index is 2.17. The van der Waals surface area contributed by atoms with Gasteiger partial charge in [-0.1, -0.05) is 6.92 Å². The molecule has 1 saturated heterocycles. The quantitative estimate of drug-likeness (QED) is 0.902. The van der Waals surface area contributed by atoms with Crippen molar-refractivity contribution in [2.75, 3.05) is 29.9 Å². The van der Waals surface area contributed by atoms with Gasteiger partial charge in [-0.2, -0.15) is 0 Å². The van der Waals surface area contributed by atoms with E-state index in [1.165, 1.54) is 19.2 Å². The van der Waals surface area contributed by atoms with Crippen molar-refractivity contribution in [3.63, 3.8) is 0 Å². The third-order valence-electron chi connectivity index (χ3n) is 3.92. The summed E-state index contributed by atoms with van der Waals surface area (Å²) in [6, 6.07) is 1.26. The number of carbonyl (C=O) groups is 1. The molecule has 0 spiro atoms. The van der Waals surface area contributed by atoms with Gasteiger partial charge in [-0.3, -0.25) is 0 Å². The minimum atomic E-state index is -0.862. The number of hydrogen-bond donors (Lipinski definition) is 1. The van der Waals surface area contributed by atoms with E-state index in [2.05, 4.69) is 21.8 Å². The van der Waals surface area contributed by atoms with Crippen LogP contribution in [0.2, 0.25) is 0 Å². The molecule has 1 aliphatic heterocycles. The minimum absolute atomic E-state index is 0.613. The van der Waals surface area contributed by atoms with Crippen molar-refractivity contribution in [3.8, 4) is 0 Å². The van der Waals surface area contributed by atoms with Crippen LogP contribution < -0.4 is 9.80 Å². The first kappa shape index (κ1) is 14.6. The summed E-state index contributed by atoms with van der Waals surface area (Å²) in [5.74, 6) is 1.33. The number of anilines is 2. The Labute approximate surface area is 119 Å². The first-order valence-electron chi connectivity index (χ1n) is 7.01. The van der Waals surface area contributed by atoms with E-state index in [0.717, 1.165) is 18.9 Å². The van der Waals surface area contributed by atoms with Crippen LogP contribution in [0.15, 0.2) is 12.4 Å². The predicted molar refractivity (Wildman–Crippen MR) is 78.1 cm³/mol. The number of piperidine rings is 1. The second-order valence-electron chi connectivity index (χ2n) is 5.55. The van der Waals surface area contributed by atoms with Crippen LogP contribution >= 0.6 is 0 Å². The van der Waals surface area contributed by atoms with Crippen molar-refractivity contribution in [1.82, 2.24) is 9.97 Å². The summed E-state index contributed by atoms with van der Waals surface area (Å²) >= 11 is 0. The van der Waals surface area contributed by atoms with Gasteiger partial charge in [0.05, 0.1) is 0 Å². The van der Waals surface area contributed by atoms with E-state index in [1.54, 1.807) is 18.9 Å². The van der Waals surface area contributed by atoms with E-state index in [9.17, 15) is 4.79 Å². The maximum atomic E-state index is 11.0. The molecule has 6 nitrogen and oxygen atoms in total. The maximum Gasteiger partial charge on any atom is 0.326 e. The van der Waals surface area contributed by atoms with Crippen LogP contribution in [-0.4, -0.2) is 47.2 Å². The Kier molecular flexibility index (Phi) is 4.42. The van der Waals surface area contributed by atoms with Crippen molar-refractivity contribution in [2.24, 2.45) is 5.92 Å². The first-order valence-corrected chi connectivity index (χ1v) is 7.01. The monoisotopic (exact) mass is 278 g/mol. The highest BCUT2D eigenvalue weighted by Crippen LogP contribution is 2.23. The maximum absolute atomic E-state index is 11.0. The summed E-state index contributed by atoms with van der Waals surface area (Å²) in [5.41, 5.74) is 0. The lowest BCUT2D eigenvalue weighted by Crippen LogP contribution is -2.37. The fourth-order valence-electron chi connectivity index (χ4n) is 2.46. The summed E-state index contributed by atoms with van der Waals surface area (Å²) in [7, 11) is 1.74. The molecule has 6 heteroatoms. The molecule has 2 unspecified atom stereocenters. The van der Waals surface area contributed by atoms with Gasteiger partial charge in [-0.05, 0) is 25.7 Å². The standard InChI is InChI=1S/C14H22N4O2/c1-10-5-4-6-18(8-10)13-7-12(15-9-16-13)17(3)11(2)14(19)20/h7,9-11H,4-6,8H2,1-3H3,(H,19,20). The van der Waals surface area contributed by atoms with Crippen LogP contribution in [-0.2, 0) is 4.79 Å². The minimum Gasteiger partial charge on any atom is -0.480 e. The van der Waals surface area contributed by atoms with Gasteiger partial charge >= 0.3 is 5.97 Å². The molecule has 0 saturated carbocycles. The molecule has 1 aromatic heterocycles. The zero-order valence-electron chi connectivity index (χ0n) is 12.3. The fraction of sp³-hybridized carbons (Fsp3) is 0.643. The van der Waals surface area contributed by atoms with Gasteiger partial charge in [0.2, 0.25) is 0 Å². The number of nitrogens with zero attached hydrogens (tertiary/aromatic N) is 4. The number of aliphatic carboxylic acids is 1. The number of carboxylic acids is 1. The van der Waals surface area contributed by atoms with Crippen molar-refractivity contribution in [3.05, 3.63) is 12.4 Å². The predicted octanol–water partition coefficient (Wildman–Crippen LogP) is 1.62. The summed E-state index contributed by atoms with van der Waals surface area (Å²) in [6.07, 6.45) is 3.93. The van der Waals surface area contributed by atoms with Crippen molar-refractivity contribution in [2.45, 2.75) is 32.7 Å². The molecule has 1 fully saturated rings. The van der Waals surface area contributed by atoms with E-state index in [-0.39, 0.29) is 0 Å². The van der Waals surface area contributed by atoms with Crippen LogP contribution in [0, 0.1) is 5.92 Å². The summed E-state index contributed by atoms with van der Waals surface area (Å²) in [5, 5.41) is 9.07. The molecular weight excluding hydrogens is 256 g/mol. The Bertz CT molecular complexity index is 480. The second kappa shape index (κ2) is 6.07. The molecule has 110 valence electrons. The first-order chi connectivity index (χ1) is 9.49. The molecule has 0 aliphatic carbocycles. The van der Waals surface area contributed by atoms with Gasteiger partial charge in [0.15, 0.2) is 0 Å². The lowest BCUT2D eigenvalue weighted by Gasteiger charge is -2.32. The van der Waals surface area contributed by atoms with Crippen LogP contribution in [0.3, 0.4) is 0 Å². The number of likely N-dealkylation sites (N-methyl/N-ethyl adjacent to an activating group) is 1. The van der Waals surface area contributed by atoms with Crippen LogP contribution in [0.1, 0.15) is 26.7 Å². The van der Waals surface area contributed by atoms with E-state index in [1.807, 2.05) is 6.07 Å². The molecule has 1 N–H and O–H groups in total. The van der Waals surface area contributed by atoms with Crippen LogP contribution in [0.4, 0.5) is 11.6 Å². The lowest BCUT2D eigenvalue weighted by atomic mass is 10.0. The molecule has 2 heterocycles. The molecule has 2 atom stereocenters. The Morgan fingerprint density at radius 1 is 1.55 bits per heavy atom. The third kappa shape index (κ3) is 3.18. The Morgan fingerprint density at radius 2 is 2.30 bits per heavy atom. The molecule has 0 aromatic carbocycles. The van der Waals surface area contributed by atoms with Crippen LogP contribution in [0.25, 0.3) is 0 Å². The smallest absolute Gasteiger partial charge is 0.326 e. The molecule has 0 bridgehead atoms. The topological polar surface area (TPSA) is 69.6 Å². The lowest BCUT2D eigenvalue weighted by molar-refractivity contribution is -0.138.